The Morgan fingerprint density at radius 1 is 1.19 bits per heavy atom. The molecule has 2 atom stereocenters. The molecule has 1 aromatic heterocycles. The normalized spacial score (nSPS) is 17.1. The second kappa shape index (κ2) is 14.1. The van der Waals surface area contributed by atoms with Crippen molar-refractivity contribution in [2.24, 2.45) is 5.92 Å². The number of nitrogens with one attached hydrogen (secondary N) is 1. The monoisotopic (exact) mass is 585 g/mol. The molecule has 2 aromatic carbocycles. The van der Waals surface area contributed by atoms with Crippen LogP contribution in [-0.4, -0.2) is 58.2 Å². The number of nitrogens with zero attached hydrogens (tertiary/aromatic N) is 4. The Morgan fingerprint density at radius 2 is 1.95 bits per heavy atom. The number of piperidine rings is 1. The van der Waals surface area contributed by atoms with Crippen LogP contribution in [0.2, 0.25) is 0 Å². The highest BCUT2D eigenvalue weighted by molar-refractivity contribution is 6.02. The van der Waals surface area contributed by atoms with E-state index in [1.165, 1.54) is 30.3 Å². The van der Waals surface area contributed by atoms with Crippen LogP contribution in [0.15, 0.2) is 64.7 Å². The van der Waals surface area contributed by atoms with Gasteiger partial charge in [0.05, 0.1) is 12.3 Å². The Hall–Kier alpha value is -4.20. The van der Waals surface area contributed by atoms with E-state index < -0.39 is 34.5 Å². The summed E-state index contributed by atoms with van der Waals surface area (Å²) in [5, 5.41) is 6.31. The van der Waals surface area contributed by atoms with Crippen LogP contribution >= 0.6 is 0 Å². The molecular weight excluding hydrogens is 552 g/mol. The number of rotatable bonds is 12. The van der Waals surface area contributed by atoms with E-state index in [2.05, 4.69) is 28.8 Å². The Balaban J connectivity index is 1.40. The highest BCUT2D eigenvalue weighted by Crippen LogP contribution is 2.24. The van der Waals surface area contributed by atoms with Gasteiger partial charge in [0, 0.05) is 38.5 Å². The van der Waals surface area contributed by atoms with Gasteiger partial charge in [-0.1, -0.05) is 13.0 Å². The minimum absolute atomic E-state index is 0.00536. The minimum atomic E-state index is -0.987. The molecule has 0 spiro atoms. The molecule has 1 amide bonds. The van der Waals surface area contributed by atoms with Crippen LogP contribution in [0.4, 0.5) is 14.5 Å². The number of methoxy groups -OCH3 is 1. The Bertz CT molecular complexity index is 1520. The zero-order valence-corrected chi connectivity index (χ0v) is 23.4. The summed E-state index contributed by atoms with van der Waals surface area (Å²) in [6.45, 7) is 7.45. The number of aromatic nitrogens is 3. The number of ether oxygens (including phenoxy) is 1. The Kier molecular flexibility index (Phi) is 10.3. The smallest absolute Gasteiger partial charge is 0.352 e. The number of halogens is 2. The fourth-order valence-corrected chi connectivity index (χ4v) is 4.61. The predicted octanol–water partition coefficient (Wildman–Crippen LogP) is 3.52. The maximum absolute atomic E-state index is 14.7. The molecule has 2 heterocycles. The molecule has 1 fully saturated rings. The lowest BCUT2D eigenvalue weighted by atomic mass is 9.97. The number of allylic oxidation sites excluding steroid dienone is 1. The van der Waals surface area contributed by atoms with Gasteiger partial charge < -0.3 is 14.9 Å². The van der Waals surface area contributed by atoms with Gasteiger partial charge in [0.25, 0.3) is 11.5 Å². The van der Waals surface area contributed by atoms with E-state index >= 15 is 0 Å². The number of carbonyl (C=O) groups excluding carboxylic acids is 1. The predicted molar refractivity (Wildman–Crippen MR) is 151 cm³/mol. The summed E-state index contributed by atoms with van der Waals surface area (Å²) < 4.78 is 35.2. The van der Waals surface area contributed by atoms with Crippen molar-refractivity contribution in [3.05, 3.63) is 93.3 Å². The van der Waals surface area contributed by atoms with E-state index in [0.29, 0.717) is 12.3 Å². The van der Waals surface area contributed by atoms with Crippen molar-refractivity contribution in [1.29, 1.82) is 0 Å². The minimum Gasteiger partial charge on any atom is -0.366 e. The third-order valence-corrected chi connectivity index (χ3v) is 6.86. The van der Waals surface area contributed by atoms with E-state index in [-0.39, 0.29) is 36.5 Å². The van der Waals surface area contributed by atoms with Gasteiger partial charge in [0.15, 0.2) is 5.82 Å². The van der Waals surface area contributed by atoms with Gasteiger partial charge in [0.1, 0.15) is 12.0 Å². The molecule has 13 heteroatoms. The molecular formula is C29H33F2N5O6. The van der Waals surface area contributed by atoms with E-state index in [1.54, 1.807) is 7.11 Å². The first kappa shape index (κ1) is 30.8. The molecule has 4 rings (SSSR count). The number of likely N-dealkylation sites (tertiary alicyclic amines) is 1. The van der Waals surface area contributed by atoms with Crippen LogP contribution in [0.5, 0.6) is 5.75 Å². The van der Waals surface area contributed by atoms with Crippen molar-refractivity contribution in [3.63, 3.8) is 0 Å². The van der Waals surface area contributed by atoms with Crippen molar-refractivity contribution in [3.8, 4) is 11.4 Å². The molecule has 11 nitrogen and oxygen atoms in total. The average molecular weight is 586 g/mol. The van der Waals surface area contributed by atoms with Gasteiger partial charge in [-0.25, -0.2) is 13.6 Å². The standard InChI is InChI=1S/C29H33F2N5O6/c1-4-13-35-28(38)26(33-36(29(35)39)22-9-6-20(30)7-10-22)27(37)32-21-8-11-24(23(31)18-21)42-41-16-5-14-34-15-12-19(2)17-25(34)40-3/h4,6-11,18-19,25H,1,5,12-17H2,2-3H3,(H,32,37). The number of amides is 1. The van der Waals surface area contributed by atoms with Crippen molar-refractivity contribution in [2.75, 3.05) is 32.1 Å². The summed E-state index contributed by atoms with van der Waals surface area (Å²) in [6, 6.07) is 8.37. The SMILES string of the molecule is C=CCn1c(=O)c(C(=O)Nc2ccc(OOCCCN3CCC(C)CC3OC)c(F)c2)nn(-c2ccc(F)cc2)c1=O. The molecule has 1 aliphatic rings. The van der Waals surface area contributed by atoms with Crippen LogP contribution in [0.25, 0.3) is 5.69 Å². The van der Waals surface area contributed by atoms with E-state index in [0.717, 1.165) is 53.4 Å². The van der Waals surface area contributed by atoms with E-state index in [1.807, 2.05) is 0 Å². The first-order chi connectivity index (χ1) is 20.2. The first-order valence-electron chi connectivity index (χ1n) is 13.5. The van der Waals surface area contributed by atoms with Gasteiger partial charge in [-0.15, -0.1) is 6.58 Å². The molecule has 3 aromatic rings. The van der Waals surface area contributed by atoms with Crippen LogP contribution < -0.4 is 21.5 Å². The molecule has 1 aliphatic heterocycles. The highest BCUT2D eigenvalue weighted by Gasteiger charge is 2.25. The maximum atomic E-state index is 14.7. The fraction of sp³-hybridized carbons (Fsp3) is 0.379. The quantitative estimate of drug-likeness (QED) is 0.149. The van der Waals surface area contributed by atoms with Gasteiger partial charge in [0.2, 0.25) is 11.4 Å². The van der Waals surface area contributed by atoms with E-state index in [4.69, 9.17) is 14.5 Å². The molecule has 2 unspecified atom stereocenters. The highest BCUT2D eigenvalue weighted by atomic mass is 19.1. The third-order valence-electron chi connectivity index (χ3n) is 6.86. The lowest BCUT2D eigenvalue weighted by Gasteiger charge is -2.37. The van der Waals surface area contributed by atoms with Crippen LogP contribution in [0.1, 0.15) is 36.7 Å². The van der Waals surface area contributed by atoms with Crippen molar-refractivity contribution < 1.29 is 28.1 Å². The first-order valence-corrected chi connectivity index (χ1v) is 13.5. The zero-order chi connectivity index (χ0) is 30.2. The lowest BCUT2D eigenvalue weighted by molar-refractivity contribution is -0.210. The second-order valence-corrected chi connectivity index (χ2v) is 9.94. The molecule has 224 valence electrons. The van der Waals surface area contributed by atoms with E-state index in [9.17, 15) is 23.2 Å². The Morgan fingerprint density at radius 3 is 2.64 bits per heavy atom. The molecule has 0 radical (unpaired) electrons. The second-order valence-electron chi connectivity index (χ2n) is 9.94. The number of benzene rings is 2. The van der Waals surface area contributed by atoms with Crippen molar-refractivity contribution in [1.82, 2.24) is 19.2 Å². The average Bonchev–Trinajstić information content (AvgIpc) is 2.97. The fourth-order valence-electron chi connectivity index (χ4n) is 4.61. The summed E-state index contributed by atoms with van der Waals surface area (Å²) in [6.07, 6.45) is 4.10. The number of carbonyl (C=O) groups is 1. The lowest BCUT2D eigenvalue weighted by Crippen LogP contribution is -2.44. The number of anilines is 1. The van der Waals surface area contributed by atoms with Gasteiger partial charge in [-0.3, -0.25) is 19.1 Å². The molecule has 1 N–H and O–H groups in total. The number of hydrogen-bond donors (Lipinski definition) is 1. The Labute approximate surface area is 240 Å². The van der Waals surface area contributed by atoms with Gasteiger partial charge in [-0.05, 0) is 61.6 Å². The largest absolute Gasteiger partial charge is 0.366 e. The summed E-state index contributed by atoms with van der Waals surface area (Å²) in [7, 11) is 1.70. The molecule has 42 heavy (non-hydrogen) atoms. The zero-order valence-electron chi connectivity index (χ0n) is 23.4. The topological polar surface area (TPSA) is 117 Å². The van der Waals surface area contributed by atoms with Crippen molar-refractivity contribution in [2.45, 2.75) is 39.0 Å². The third kappa shape index (κ3) is 7.35. The molecule has 0 saturated carbocycles. The summed E-state index contributed by atoms with van der Waals surface area (Å²) >= 11 is 0. The summed E-state index contributed by atoms with van der Waals surface area (Å²) in [4.78, 5) is 51.3. The van der Waals surface area contributed by atoms with Crippen molar-refractivity contribution >= 4 is 11.6 Å². The summed E-state index contributed by atoms with van der Waals surface area (Å²) in [5.74, 6) is -1.92. The van der Waals surface area contributed by atoms with Crippen LogP contribution in [-0.2, 0) is 16.2 Å². The summed E-state index contributed by atoms with van der Waals surface area (Å²) in [5.41, 5.74) is -2.32. The maximum Gasteiger partial charge on any atom is 0.352 e. The number of hydrogen-bond acceptors (Lipinski definition) is 8. The van der Waals surface area contributed by atoms with Crippen LogP contribution in [0, 0.1) is 17.6 Å². The van der Waals surface area contributed by atoms with Gasteiger partial charge in [-0.2, -0.15) is 14.7 Å². The van der Waals surface area contributed by atoms with Gasteiger partial charge >= 0.3 is 5.69 Å². The van der Waals surface area contributed by atoms with Crippen LogP contribution in [0.3, 0.4) is 0 Å². The molecule has 1 saturated heterocycles. The molecule has 0 aliphatic carbocycles. The molecule has 0 bridgehead atoms.